The lowest BCUT2D eigenvalue weighted by Gasteiger charge is -2.20. The quantitative estimate of drug-likeness (QED) is 0.373. The van der Waals surface area contributed by atoms with Gasteiger partial charge in [0.2, 0.25) is 5.43 Å². The van der Waals surface area contributed by atoms with Crippen LogP contribution in [0.25, 0.3) is 10.2 Å². The number of pyridine rings is 1. The Bertz CT molecular complexity index is 1400. The van der Waals surface area contributed by atoms with Crippen LogP contribution in [0.3, 0.4) is 0 Å². The van der Waals surface area contributed by atoms with Crippen LogP contribution in [0.2, 0.25) is 5.02 Å². The second-order valence-electron chi connectivity index (χ2n) is 9.45. The standard InChI is InChI=1S/C29H32ClN3O3S/c1-32(17-23(34)14-11-20-7-5-3-4-6-8-20)18-24-15-26-28(37-24)27(35)25(19-33(26)2)29(36)31-16-21-9-12-22(30)13-10-21/h3-7,9-10,12-13,15,19,23,34H,8,11,14,16-18H2,1-2H3,(H,31,36). The fourth-order valence-electron chi connectivity index (χ4n) is 4.36. The molecule has 1 aliphatic carbocycles. The number of halogens is 1. The minimum Gasteiger partial charge on any atom is -0.392 e. The fourth-order valence-corrected chi connectivity index (χ4v) is 5.71. The van der Waals surface area contributed by atoms with E-state index >= 15 is 0 Å². The molecule has 1 unspecified atom stereocenters. The Morgan fingerprint density at radius 3 is 2.81 bits per heavy atom. The summed E-state index contributed by atoms with van der Waals surface area (Å²) in [6.45, 7) is 1.47. The Labute approximate surface area is 226 Å². The molecule has 0 saturated heterocycles. The van der Waals surface area contributed by atoms with Crippen molar-refractivity contribution in [2.24, 2.45) is 7.05 Å². The molecule has 8 heteroatoms. The van der Waals surface area contributed by atoms with Crippen molar-refractivity contribution < 1.29 is 9.90 Å². The van der Waals surface area contributed by atoms with E-state index in [1.807, 2.05) is 55.1 Å². The Hall–Kier alpha value is -2.97. The lowest BCUT2D eigenvalue weighted by molar-refractivity contribution is 0.0949. The number of aryl methyl sites for hydroxylation is 1. The maximum absolute atomic E-state index is 13.2. The number of carbonyl (C=O) groups excluding carboxylic acids is 1. The van der Waals surface area contributed by atoms with E-state index in [4.69, 9.17) is 11.6 Å². The van der Waals surface area contributed by atoms with Crippen LogP contribution in [-0.4, -0.2) is 40.2 Å². The second-order valence-corrected chi connectivity index (χ2v) is 11.0. The molecule has 2 aromatic heterocycles. The summed E-state index contributed by atoms with van der Waals surface area (Å²) in [5.74, 6) is -0.401. The van der Waals surface area contributed by atoms with Crippen LogP contribution in [-0.2, 0) is 20.1 Å². The molecule has 0 aliphatic heterocycles. The summed E-state index contributed by atoms with van der Waals surface area (Å²) in [5, 5.41) is 14.0. The summed E-state index contributed by atoms with van der Waals surface area (Å²) in [6.07, 6.45) is 14.0. The number of carbonyl (C=O) groups is 1. The van der Waals surface area contributed by atoms with Gasteiger partial charge in [0.05, 0.1) is 16.3 Å². The highest BCUT2D eigenvalue weighted by Gasteiger charge is 2.18. The van der Waals surface area contributed by atoms with E-state index in [0.29, 0.717) is 35.8 Å². The maximum atomic E-state index is 13.2. The number of thiophene rings is 1. The van der Waals surface area contributed by atoms with Crippen molar-refractivity contribution in [3.05, 3.63) is 104 Å². The smallest absolute Gasteiger partial charge is 0.257 e. The highest BCUT2D eigenvalue weighted by molar-refractivity contribution is 7.19. The van der Waals surface area contributed by atoms with Crippen LogP contribution >= 0.6 is 22.9 Å². The zero-order valence-corrected chi connectivity index (χ0v) is 22.7. The van der Waals surface area contributed by atoms with Crippen LogP contribution in [0, 0.1) is 0 Å². The number of hydrogen-bond acceptors (Lipinski definition) is 5. The lowest BCUT2D eigenvalue weighted by atomic mass is 10.0. The van der Waals surface area contributed by atoms with Gasteiger partial charge in [-0.2, -0.15) is 0 Å². The van der Waals surface area contributed by atoms with E-state index in [1.54, 1.807) is 18.3 Å². The van der Waals surface area contributed by atoms with Gasteiger partial charge in [0, 0.05) is 42.8 Å². The van der Waals surface area contributed by atoms with Crippen molar-refractivity contribution in [1.82, 2.24) is 14.8 Å². The molecule has 3 aromatic rings. The number of amides is 1. The molecule has 0 spiro atoms. The molecule has 6 nitrogen and oxygen atoms in total. The van der Waals surface area contributed by atoms with Crippen molar-refractivity contribution in [3.63, 3.8) is 0 Å². The van der Waals surface area contributed by atoms with Crippen molar-refractivity contribution in [3.8, 4) is 0 Å². The SMILES string of the molecule is CN(Cc1cc2c(s1)c(=O)c(C(=O)NCc1ccc(Cl)cc1)cn2C)CC(O)CCC1=CC=CC=CC1. The fraction of sp³-hybridized carbons (Fsp3) is 0.310. The third-order valence-corrected chi connectivity index (χ3v) is 7.70. The number of aliphatic hydroxyl groups is 1. The van der Waals surface area contributed by atoms with Gasteiger partial charge < -0.3 is 15.0 Å². The van der Waals surface area contributed by atoms with Gasteiger partial charge in [0.1, 0.15) is 5.56 Å². The van der Waals surface area contributed by atoms with Gasteiger partial charge in [-0.05, 0) is 50.1 Å². The number of allylic oxidation sites excluding steroid dienone is 6. The number of aromatic nitrogens is 1. The summed E-state index contributed by atoms with van der Waals surface area (Å²) in [5.41, 5.74) is 2.88. The molecule has 37 heavy (non-hydrogen) atoms. The van der Waals surface area contributed by atoms with Crippen LogP contribution < -0.4 is 10.7 Å². The first-order valence-corrected chi connectivity index (χ1v) is 13.5. The molecule has 0 fully saturated rings. The Kier molecular flexibility index (Phi) is 9.16. The van der Waals surface area contributed by atoms with Crippen molar-refractivity contribution in [2.45, 2.75) is 38.5 Å². The average Bonchev–Trinajstić information content (AvgIpc) is 3.12. The molecule has 2 heterocycles. The first-order valence-electron chi connectivity index (χ1n) is 12.3. The Morgan fingerprint density at radius 1 is 1.24 bits per heavy atom. The van der Waals surface area contributed by atoms with Gasteiger partial charge in [-0.25, -0.2) is 0 Å². The zero-order valence-electron chi connectivity index (χ0n) is 21.1. The Morgan fingerprint density at radius 2 is 2.03 bits per heavy atom. The molecule has 194 valence electrons. The summed E-state index contributed by atoms with van der Waals surface area (Å²) in [6, 6.07) is 9.21. The second kappa shape index (κ2) is 12.5. The van der Waals surface area contributed by atoms with Crippen LogP contribution in [0.15, 0.2) is 77.3 Å². The van der Waals surface area contributed by atoms with Crippen molar-refractivity contribution in [2.75, 3.05) is 13.6 Å². The monoisotopic (exact) mass is 537 g/mol. The summed E-state index contributed by atoms with van der Waals surface area (Å²) < 4.78 is 2.39. The van der Waals surface area contributed by atoms with Gasteiger partial charge in [-0.15, -0.1) is 11.3 Å². The predicted octanol–water partition coefficient (Wildman–Crippen LogP) is 5.20. The van der Waals surface area contributed by atoms with Gasteiger partial charge in [-0.1, -0.05) is 59.7 Å². The number of aliphatic hydroxyl groups excluding tert-OH is 1. The largest absolute Gasteiger partial charge is 0.392 e. The summed E-state index contributed by atoms with van der Waals surface area (Å²) in [7, 11) is 3.81. The van der Waals surface area contributed by atoms with Gasteiger partial charge in [0.25, 0.3) is 5.91 Å². The first kappa shape index (κ1) is 27.1. The van der Waals surface area contributed by atoms with Gasteiger partial charge in [0.15, 0.2) is 0 Å². The summed E-state index contributed by atoms with van der Waals surface area (Å²) >= 11 is 7.32. The molecule has 2 N–H and O–H groups in total. The molecular formula is C29H32ClN3O3S. The molecule has 0 radical (unpaired) electrons. The molecule has 1 aliphatic rings. The number of benzene rings is 1. The van der Waals surface area contributed by atoms with Crippen LogP contribution in [0.4, 0.5) is 0 Å². The first-order chi connectivity index (χ1) is 17.8. The molecular weight excluding hydrogens is 506 g/mol. The maximum Gasteiger partial charge on any atom is 0.257 e. The normalized spacial score (nSPS) is 14.1. The molecule has 1 atom stereocenters. The average molecular weight is 538 g/mol. The van der Waals surface area contributed by atoms with Crippen LogP contribution in [0.1, 0.15) is 40.1 Å². The van der Waals surface area contributed by atoms with Gasteiger partial charge >= 0.3 is 0 Å². The minimum atomic E-state index is -0.432. The van der Waals surface area contributed by atoms with E-state index in [-0.39, 0.29) is 11.0 Å². The zero-order chi connectivity index (χ0) is 26.4. The molecule has 0 bridgehead atoms. The lowest BCUT2D eigenvalue weighted by Crippen LogP contribution is -2.29. The molecule has 4 rings (SSSR count). The van der Waals surface area contributed by atoms with E-state index < -0.39 is 12.0 Å². The van der Waals surface area contributed by atoms with E-state index in [1.165, 1.54) is 16.9 Å². The third kappa shape index (κ3) is 7.29. The van der Waals surface area contributed by atoms with Crippen LogP contribution in [0.5, 0.6) is 0 Å². The highest BCUT2D eigenvalue weighted by atomic mass is 35.5. The molecule has 0 saturated carbocycles. The number of fused-ring (bicyclic) bond motifs is 1. The molecule has 1 amide bonds. The number of hydrogen-bond donors (Lipinski definition) is 2. The Balaban J connectivity index is 1.38. The van der Waals surface area contributed by atoms with Crippen molar-refractivity contribution >= 4 is 39.1 Å². The molecule has 1 aromatic carbocycles. The number of nitrogens with one attached hydrogen (secondary N) is 1. The highest BCUT2D eigenvalue weighted by Crippen LogP contribution is 2.24. The topological polar surface area (TPSA) is 74.6 Å². The van der Waals surface area contributed by atoms with Crippen molar-refractivity contribution in [1.29, 1.82) is 0 Å². The van der Waals surface area contributed by atoms with E-state index in [2.05, 4.69) is 22.4 Å². The summed E-state index contributed by atoms with van der Waals surface area (Å²) in [4.78, 5) is 29.1. The predicted molar refractivity (Wildman–Crippen MR) is 152 cm³/mol. The van der Waals surface area contributed by atoms with Gasteiger partial charge in [-0.3, -0.25) is 14.5 Å². The third-order valence-electron chi connectivity index (χ3n) is 6.35. The number of nitrogens with zero attached hydrogens (tertiary/aromatic N) is 2. The number of rotatable bonds is 10. The van der Waals surface area contributed by atoms with E-state index in [9.17, 15) is 14.7 Å². The van der Waals surface area contributed by atoms with E-state index in [0.717, 1.165) is 28.8 Å². The number of likely N-dealkylation sites (N-methyl/N-ethyl adjacent to an activating group) is 1. The minimum absolute atomic E-state index is 0.124.